The molecule has 0 spiro atoms. The smallest absolute Gasteiger partial charge is 0.252 e. The van der Waals surface area contributed by atoms with E-state index in [2.05, 4.69) is 10.6 Å². The second-order valence-corrected chi connectivity index (χ2v) is 8.15. The first-order valence-corrected chi connectivity index (χ1v) is 9.85. The highest BCUT2D eigenvalue weighted by Gasteiger charge is 2.54. The van der Waals surface area contributed by atoms with E-state index in [-0.39, 0.29) is 28.1 Å². The highest BCUT2D eigenvalue weighted by Crippen LogP contribution is 2.30. The van der Waals surface area contributed by atoms with Crippen LogP contribution in [0.2, 0.25) is 10.0 Å². The molecule has 0 bridgehead atoms. The topological polar surface area (TPSA) is 128 Å². The summed E-state index contributed by atoms with van der Waals surface area (Å²) in [6.07, 6.45) is 0.314. The summed E-state index contributed by atoms with van der Waals surface area (Å²) >= 11 is 11.7. The average Bonchev–Trinajstić information content (AvgIpc) is 3.47. The molecule has 10 heteroatoms. The number of epoxide rings is 1. The van der Waals surface area contributed by atoms with Gasteiger partial charge >= 0.3 is 0 Å². The minimum atomic E-state index is -1.29. The molecule has 0 unspecified atom stereocenters. The first-order chi connectivity index (χ1) is 13.6. The fourth-order valence-electron chi connectivity index (χ4n) is 2.76. The number of amides is 2. The average molecular weight is 447 g/mol. The number of aliphatic hydroxyl groups excluding tert-OH is 2. The van der Waals surface area contributed by atoms with Gasteiger partial charge in [-0.1, -0.05) is 37.0 Å². The van der Waals surface area contributed by atoms with E-state index in [4.69, 9.17) is 27.9 Å². The molecule has 1 saturated heterocycles. The monoisotopic (exact) mass is 446 g/mol. The van der Waals surface area contributed by atoms with Gasteiger partial charge in [0.25, 0.3) is 5.91 Å². The Labute approximate surface area is 178 Å². The van der Waals surface area contributed by atoms with Gasteiger partial charge < -0.3 is 25.6 Å². The largest absolute Gasteiger partial charge is 0.394 e. The van der Waals surface area contributed by atoms with Crippen LogP contribution in [-0.4, -0.2) is 65.3 Å². The number of Topliss-reactive ketones (excluding diaryl/α,β-unsaturated/α-hetero) is 1. The van der Waals surface area contributed by atoms with Crippen molar-refractivity contribution in [2.75, 3.05) is 19.8 Å². The van der Waals surface area contributed by atoms with E-state index >= 15 is 0 Å². The van der Waals surface area contributed by atoms with Crippen LogP contribution in [0.3, 0.4) is 0 Å². The van der Waals surface area contributed by atoms with Crippen LogP contribution in [0.4, 0.5) is 0 Å². The standard InChI is InChI=1S/C19H24Cl2N2O6/c1-10(2)5-14(16(26)19(8-25)9-29-19)22-18(28)15(7-24)23-17(27)11-3-4-12(20)13(21)6-11/h3-4,6,10,14-15,24-25H,5,7-9H2,1-2H3,(H,22,28)(H,23,27)/t14-,15-,19+/m0/s1. The van der Waals surface area contributed by atoms with Crippen LogP contribution in [0.1, 0.15) is 30.6 Å². The van der Waals surface area contributed by atoms with Crippen LogP contribution in [0.25, 0.3) is 0 Å². The summed E-state index contributed by atoms with van der Waals surface area (Å²) < 4.78 is 5.09. The fourth-order valence-corrected chi connectivity index (χ4v) is 3.06. The van der Waals surface area contributed by atoms with Gasteiger partial charge in [0.1, 0.15) is 6.04 Å². The predicted molar refractivity (Wildman–Crippen MR) is 107 cm³/mol. The Morgan fingerprint density at radius 1 is 1.14 bits per heavy atom. The third-order valence-electron chi connectivity index (χ3n) is 4.52. The highest BCUT2D eigenvalue weighted by atomic mass is 35.5. The van der Waals surface area contributed by atoms with Crippen LogP contribution in [0.15, 0.2) is 18.2 Å². The maximum Gasteiger partial charge on any atom is 0.252 e. The summed E-state index contributed by atoms with van der Waals surface area (Å²) in [6.45, 7) is 2.68. The molecule has 1 fully saturated rings. The zero-order valence-corrected chi connectivity index (χ0v) is 17.6. The zero-order valence-electron chi connectivity index (χ0n) is 16.1. The van der Waals surface area contributed by atoms with E-state index in [1.165, 1.54) is 18.2 Å². The maximum absolute atomic E-state index is 12.7. The molecular formula is C19H24Cl2N2O6. The number of carbonyl (C=O) groups excluding carboxylic acids is 3. The predicted octanol–water partition coefficient (Wildman–Crippen LogP) is 0.945. The molecule has 1 aromatic rings. The number of carbonyl (C=O) groups is 3. The third kappa shape index (κ3) is 5.90. The Morgan fingerprint density at radius 2 is 1.79 bits per heavy atom. The van der Waals surface area contributed by atoms with Crippen LogP contribution < -0.4 is 10.6 Å². The molecule has 3 atom stereocenters. The van der Waals surface area contributed by atoms with Crippen molar-refractivity contribution < 1.29 is 29.3 Å². The van der Waals surface area contributed by atoms with Crippen molar-refractivity contribution in [2.45, 2.75) is 38.0 Å². The van der Waals surface area contributed by atoms with Crippen LogP contribution in [0, 0.1) is 5.92 Å². The number of benzene rings is 1. The Kier molecular flexibility index (Phi) is 8.02. The van der Waals surface area contributed by atoms with E-state index < -0.39 is 48.5 Å². The molecule has 1 aliphatic heterocycles. The summed E-state index contributed by atoms with van der Waals surface area (Å²) in [5.74, 6) is -1.73. The lowest BCUT2D eigenvalue weighted by Gasteiger charge is -2.24. The first kappa shape index (κ1) is 23.6. The lowest BCUT2D eigenvalue weighted by molar-refractivity contribution is -0.133. The lowest BCUT2D eigenvalue weighted by Crippen LogP contribution is -2.55. The van der Waals surface area contributed by atoms with E-state index in [1.807, 2.05) is 13.8 Å². The van der Waals surface area contributed by atoms with E-state index in [9.17, 15) is 24.6 Å². The van der Waals surface area contributed by atoms with E-state index in [1.54, 1.807) is 0 Å². The molecule has 1 aliphatic rings. The number of ether oxygens (including phenoxy) is 1. The molecule has 29 heavy (non-hydrogen) atoms. The van der Waals surface area contributed by atoms with Gasteiger partial charge in [-0.05, 0) is 30.5 Å². The third-order valence-corrected chi connectivity index (χ3v) is 5.26. The van der Waals surface area contributed by atoms with Crippen molar-refractivity contribution in [1.29, 1.82) is 0 Å². The molecule has 8 nitrogen and oxygen atoms in total. The van der Waals surface area contributed by atoms with Crippen molar-refractivity contribution in [3.05, 3.63) is 33.8 Å². The summed E-state index contributed by atoms with van der Waals surface area (Å²) in [4.78, 5) is 37.7. The Hall–Kier alpha value is -1.71. The molecule has 1 aromatic carbocycles. The van der Waals surface area contributed by atoms with E-state index in [0.29, 0.717) is 6.42 Å². The minimum Gasteiger partial charge on any atom is -0.394 e. The number of hydrogen-bond acceptors (Lipinski definition) is 6. The number of nitrogens with one attached hydrogen (secondary N) is 2. The number of halogens is 2. The Balaban J connectivity index is 2.08. The Bertz CT molecular complexity index is 782. The van der Waals surface area contributed by atoms with Gasteiger partial charge in [0.2, 0.25) is 5.91 Å². The zero-order chi connectivity index (χ0) is 21.8. The van der Waals surface area contributed by atoms with Crippen molar-refractivity contribution in [3.8, 4) is 0 Å². The van der Waals surface area contributed by atoms with Crippen molar-refractivity contribution in [2.24, 2.45) is 5.92 Å². The van der Waals surface area contributed by atoms with Crippen molar-refractivity contribution in [3.63, 3.8) is 0 Å². The summed E-state index contributed by atoms with van der Waals surface area (Å²) in [7, 11) is 0. The molecule has 0 aliphatic carbocycles. The molecular weight excluding hydrogens is 423 g/mol. The highest BCUT2D eigenvalue weighted by molar-refractivity contribution is 6.42. The lowest BCUT2D eigenvalue weighted by atomic mass is 9.92. The molecule has 2 rings (SSSR count). The molecule has 2 amide bonds. The number of aliphatic hydroxyl groups is 2. The molecule has 0 saturated carbocycles. The summed E-state index contributed by atoms with van der Waals surface area (Å²) in [5.41, 5.74) is -1.13. The van der Waals surface area contributed by atoms with Crippen LogP contribution in [-0.2, 0) is 14.3 Å². The normalized spacial score (nSPS) is 20.1. The molecule has 4 N–H and O–H groups in total. The second kappa shape index (κ2) is 9.86. The van der Waals surface area contributed by atoms with Gasteiger partial charge in [0.15, 0.2) is 11.4 Å². The number of hydrogen-bond donors (Lipinski definition) is 4. The van der Waals surface area contributed by atoms with Gasteiger partial charge in [0.05, 0.1) is 35.9 Å². The number of ketones is 1. The van der Waals surface area contributed by atoms with Crippen LogP contribution >= 0.6 is 23.2 Å². The fraction of sp³-hybridized carbons (Fsp3) is 0.526. The van der Waals surface area contributed by atoms with Crippen molar-refractivity contribution >= 4 is 40.8 Å². The Morgan fingerprint density at radius 3 is 2.28 bits per heavy atom. The van der Waals surface area contributed by atoms with E-state index in [0.717, 1.165) is 0 Å². The van der Waals surface area contributed by atoms with Gasteiger partial charge in [-0.3, -0.25) is 14.4 Å². The second-order valence-electron chi connectivity index (χ2n) is 7.33. The van der Waals surface area contributed by atoms with Gasteiger partial charge in [-0.2, -0.15) is 0 Å². The minimum absolute atomic E-state index is 0.0668. The quantitative estimate of drug-likeness (QED) is 0.396. The van der Waals surface area contributed by atoms with Gasteiger partial charge in [0, 0.05) is 5.56 Å². The molecule has 160 valence electrons. The SMILES string of the molecule is CC(C)C[C@H](NC(=O)[C@H](CO)NC(=O)c1ccc(Cl)c(Cl)c1)C(=O)[C@@]1(CO)CO1. The summed E-state index contributed by atoms with van der Waals surface area (Å²) in [5, 5.41) is 24.4. The molecule has 0 aromatic heterocycles. The maximum atomic E-state index is 12.7. The van der Waals surface area contributed by atoms with Crippen molar-refractivity contribution in [1.82, 2.24) is 10.6 Å². The first-order valence-electron chi connectivity index (χ1n) is 9.09. The van der Waals surface area contributed by atoms with Crippen LogP contribution in [0.5, 0.6) is 0 Å². The molecule has 0 radical (unpaired) electrons. The summed E-state index contributed by atoms with van der Waals surface area (Å²) in [6, 6.07) is 1.99. The number of rotatable bonds is 10. The molecule has 1 heterocycles. The van der Waals surface area contributed by atoms with Gasteiger partial charge in [-0.15, -0.1) is 0 Å². The van der Waals surface area contributed by atoms with Gasteiger partial charge in [-0.25, -0.2) is 0 Å².